The van der Waals surface area contributed by atoms with Gasteiger partial charge in [0.2, 0.25) is 0 Å². The van der Waals surface area contributed by atoms with Crippen molar-refractivity contribution in [2.45, 2.75) is 64.5 Å². The van der Waals surface area contributed by atoms with Crippen molar-refractivity contribution in [3.63, 3.8) is 0 Å². The predicted octanol–water partition coefficient (Wildman–Crippen LogP) is 3.03. The summed E-state index contributed by atoms with van der Waals surface area (Å²) in [7, 11) is 2.03. The average molecular weight is 348 g/mol. The number of piperidine rings is 1. The minimum absolute atomic E-state index is 0.176. The Morgan fingerprint density at radius 1 is 1.36 bits per heavy atom. The van der Waals surface area contributed by atoms with Gasteiger partial charge >= 0.3 is 6.09 Å². The highest BCUT2D eigenvalue weighted by Gasteiger charge is 2.29. The zero-order valence-electron chi connectivity index (χ0n) is 16.0. The SMILES string of the molecule is Cn1ncc2c1CCC[C@H]2NC[C@H]1CCCN(C(=O)OC(C)(C)C)C1. The molecule has 140 valence electrons. The summed E-state index contributed by atoms with van der Waals surface area (Å²) in [6, 6.07) is 0.398. The number of nitrogens with zero attached hydrogens (tertiary/aromatic N) is 3. The number of carbonyl (C=O) groups excluding carboxylic acids is 1. The predicted molar refractivity (Wildman–Crippen MR) is 97.4 cm³/mol. The lowest BCUT2D eigenvalue weighted by atomic mass is 9.91. The van der Waals surface area contributed by atoms with E-state index in [-0.39, 0.29) is 6.09 Å². The van der Waals surface area contributed by atoms with Gasteiger partial charge in [0.25, 0.3) is 0 Å². The van der Waals surface area contributed by atoms with Crippen molar-refractivity contribution >= 4 is 6.09 Å². The molecule has 1 saturated heterocycles. The minimum Gasteiger partial charge on any atom is -0.444 e. The van der Waals surface area contributed by atoms with Gasteiger partial charge in [0.05, 0.1) is 6.20 Å². The van der Waals surface area contributed by atoms with Crippen molar-refractivity contribution in [2.75, 3.05) is 19.6 Å². The fourth-order valence-corrected chi connectivity index (χ4v) is 3.95. The van der Waals surface area contributed by atoms with Crippen molar-refractivity contribution in [1.82, 2.24) is 20.0 Å². The van der Waals surface area contributed by atoms with Gasteiger partial charge in [-0.25, -0.2) is 4.79 Å². The van der Waals surface area contributed by atoms with Crippen LogP contribution in [0.5, 0.6) is 0 Å². The van der Waals surface area contributed by atoms with Crippen LogP contribution in [-0.2, 0) is 18.2 Å². The molecule has 1 aromatic rings. The highest BCUT2D eigenvalue weighted by atomic mass is 16.6. The molecule has 0 spiro atoms. The number of carbonyl (C=O) groups is 1. The van der Waals surface area contributed by atoms with E-state index in [2.05, 4.69) is 10.4 Å². The number of ether oxygens (including phenoxy) is 1. The largest absolute Gasteiger partial charge is 0.444 e. The molecule has 25 heavy (non-hydrogen) atoms. The van der Waals surface area contributed by atoms with E-state index < -0.39 is 5.60 Å². The first-order valence-electron chi connectivity index (χ1n) is 9.55. The molecule has 2 atom stereocenters. The van der Waals surface area contributed by atoms with Gasteiger partial charge in [-0.2, -0.15) is 5.10 Å². The molecule has 0 aromatic carbocycles. The molecule has 1 aliphatic heterocycles. The maximum absolute atomic E-state index is 12.3. The van der Waals surface area contributed by atoms with Crippen LogP contribution in [0.25, 0.3) is 0 Å². The van der Waals surface area contributed by atoms with Gasteiger partial charge in [-0.05, 0) is 58.8 Å². The first kappa shape index (κ1) is 18.2. The van der Waals surface area contributed by atoms with Gasteiger partial charge in [0, 0.05) is 44.0 Å². The highest BCUT2D eigenvalue weighted by Crippen LogP contribution is 2.29. The maximum Gasteiger partial charge on any atom is 0.410 e. The number of aromatic nitrogens is 2. The molecule has 2 aliphatic rings. The standard InChI is InChI=1S/C19H32N4O2/c1-19(2,3)25-18(24)23-10-6-7-14(13-23)11-20-16-8-5-9-17-15(16)12-21-22(17)4/h12,14,16,20H,5-11,13H2,1-4H3/t14-,16-/m1/s1. The third-order valence-electron chi connectivity index (χ3n) is 5.20. The number of aryl methyl sites for hydroxylation is 1. The quantitative estimate of drug-likeness (QED) is 0.912. The lowest BCUT2D eigenvalue weighted by Gasteiger charge is -2.35. The van der Waals surface area contributed by atoms with E-state index in [0.29, 0.717) is 12.0 Å². The molecular weight excluding hydrogens is 316 g/mol. The van der Waals surface area contributed by atoms with Crippen molar-refractivity contribution < 1.29 is 9.53 Å². The van der Waals surface area contributed by atoms with Crippen LogP contribution in [0, 0.1) is 5.92 Å². The van der Waals surface area contributed by atoms with Crippen molar-refractivity contribution in [2.24, 2.45) is 13.0 Å². The second-order valence-corrected chi connectivity index (χ2v) is 8.46. The molecule has 1 N–H and O–H groups in total. The number of fused-ring (bicyclic) bond motifs is 1. The Bertz CT molecular complexity index is 605. The van der Waals surface area contributed by atoms with Crippen LogP contribution in [0.2, 0.25) is 0 Å². The Kier molecular flexibility index (Phi) is 5.37. The average Bonchev–Trinajstić information content (AvgIpc) is 2.94. The molecule has 6 heteroatoms. The number of likely N-dealkylation sites (tertiary alicyclic amines) is 1. The topological polar surface area (TPSA) is 59.4 Å². The Balaban J connectivity index is 1.53. The van der Waals surface area contributed by atoms with E-state index >= 15 is 0 Å². The second-order valence-electron chi connectivity index (χ2n) is 8.46. The summed E-state index contributed by atoms with van der Waals surface area (Å²) in [6.45, 7) is 8.29. The van der Waals surface area contributed by atoms with Gasteiger partial charge in [0.1, 0.15) is 5.60 Å². The van der Waals surface area contributed by atoms with Gasteiger partial charge in [0.15, 0.2) is 0 Å². The van der Waals surface area contributed by atoms with E-state index in [9.17, 15) is 4.79 Å². The molecule has 1 fully saturated rings. The molecule has 1 aliphatic carbocycles. The van der Waals surface area contributed by atoms with Crippen molar-refractivity contribution in [1.29, 1.82) is 0 Å². The fraction of sp³-hybridized carbons (Fsp3) is 0.789. The van der Waals surface area contributed by atoms with Gasteiger partial charge in [-0.1, -0.05) is 0 Å². The number of hydrogen-bond donors (Lipinski definition) is 1. The molecular formula is C19H32N4O2. The minimum atomic E-state index is -0.429. The van der Waals surface area contributed by atoms with Gasteiger partial charge < -0.3 is 15.0 Å². The molecule has 3 rings (SSSR count). The number of hydrogen-bond acceptors (Lipinski definition) is 4. The number of amides is 1. The number of nitrogens with one attached hydrogen (secondary N) is 1. The molecule has 6 nitrogen and oxygen atoms in total. The van der Waals surface area contributed by atoms with E-state index in [0.717, 1.165) is 32.5 Å². The summed E-state index contributed by atoms with van der Waals surface area (Å²) in [5, 5.41) is 8.16. The highest BCUT2D eigenvalue weighted by molar-refractivity contribution is 5.68. The van der Waals surface area contributed by atoms with Crippen LogP contribution in [-0.4, -0.2) is 46.0 Å². The second kappa shape index (κ2) is 7.36. The first-order valence-corrected chi connectivity index (χ1v) is 9.55. The summed E-state index contributed by atoms with van der Waals surface area (Å²) in [5.41, 5.74) is 2.29. The molecule has 0 bridgehead atoms. The van der Waals surface area contributed by atoms with E-state index in [1.807, 2.05) is 43.6 Å². The van der Waals surface area contributed by atoms with Crippen LogP contribution in [0.15, 0.2) is 6.20 Å². The Morgan fingerprint density at radius 3 is 2.92 bits per heavy atom. The Labute approximate surface area is 150 Å². The van der Waals surface area contributed by atoms with Crippen molar-refractivity contribution in [3.8, 4) is 0 Å². The first-order chi connectivity index (χ1) is 11.8. The summed E-state index contributed by atoms with van der Waals surface area (Å²) >= 11 is 0. The van der Waals surface area contributed by atoms with Crippen LogP contribution in [0.4, 0.5) is 4.79 Å². The van der Waals surface area contributed by atoms with E-state index in [1.165, 1.54) is 30.5 Å². The van der Waals surface area contributed by atoms with Gasteiger partial charge in [-0.15, -0.1) is 0 Å². The molecule has 0 unspecified atom stereocenters. The summed E-state index contributed by atoms with van der Waals surface area (Å²) in [5.74, 6) is 0.489. The molecule has 1 aromatic heterocycles. The zero-order valence-corrected chi connectivity index (χ0v) is 16.0. The third-order valence-corrected chi connectivity index (χ3v) is 5.20. The lowest BCUT2D eigenvalue weighted by Crippen LogP contribution is -2.45. The van der Waals surface area contributed by atoms with Crippen molar-refractivity contribution in [3.05, 3.63) is 17.5 Å². The molecule has 1 amide bonds. The van der Waals surface area contributed by atoms with Crippen LogP contribution >= 0.6 is 0 Å². The monoisotopic (exact) mass is 348 g/mol. The summed E-state index contributed by atoms with van der Waals surface area (Å²) in [4.78, 5) is 14.2. The van der Waals surface area contributed by atoms with Gasteiger partial charge in [-0.3, -0.25) is 4.68 Å². The van der Waals surface area contributed by atoms with Crippen LogP contribution < -0.4 is 5.32 Å². The third kappa shape index (κ3) is 4.54. The summed E-state index contributed by atoms with van der Waals surface area (Å²) in [6.07, 6.45) is 7.55. The Morgan fingerprint density at radius 2 is 2.16 bits per heavy atom. The van der Waals surface area contributed by atoms with E-state index in [4.69, 9.17) is 4.74 Å². The maximum atomic E-state index is 12.3. The number of rotatable bonds is 3. The normalized spacial score (nSPS) is 24.1. The van der Waals surface area contributed by atoms with Crippen LogP contribution in [0.3, 0.4) is 0 Å². The zero-order chi connectivity index (χ0) is 18.0. The Hall–Kier alpha value is -1.56. The van der Waals surface area contributed by atoms with Crippen LogP contribution in [0.1, 0.15) is 63.8 Å². The smallest absolute Gasteiger partial charge is 0.410 e. The molecule has 0 saturated carbocycles. The fourth-order valence-electron chi connectivity index (χ4n) is 3.95. The van der Waals surface area contributed by atoms with E-state index in [1.54, 1.807) is 0 Å². The summed E-state index contributed by atoms with van der Waals surface area (Å²) < 4.78 is 7.53. The lowest BCUT2D eigenvalue weighted by molar-refractivity contribution is 0.0165. The molecule has 0 radical (unpaired) electrons. The molecule has 2 heterocycles.